The van der Waals surface area contributed by atoms with Crippen LogP contribution in [0.3, 0.4) is 0 Å². The first-order valence-corrected chi connectivity index (χ1v) is 5.53. The average molecular weight is 243 g/mol. The van der Waals surface area contributed by atoms with Gasteiger partial charge in [-0.15, -0.1) is 0 Å². The summed E-state index contributed by atoms with van der Waals surface area (Å²) < 4.78 is 5.46. The van der Waals surface area contributed by atoms with Crippen LogP contribution in [0, 0.1) is 11.3 Å². The highest BCUT2D eigenvalue weighted by Gasteiger charge is 2.16. The lowest BCUT2D eigenvalue weighted by Crippen LogP contribution is -2.27. The fraction of sp³-hybridized carbons (Fsp3) is 0.231. The van der Waals surface area contributed by atoms with E-state index in [4.69, 9.17) is 15.4 Å². The molecule has 0 atom stereocenters. The number of fused-ring (bicyclic) bond motifs is 1. The van der Waals surface area contributed by atoms with Crippen molar-refractivity contribution in [1.82, 2.24) is 4.90 Å². The Bertz CT molecular complexity index is 625. The zero-order chi connectivity index (χ0) is 13.1. The Morgan fingerprint density at radius 3 is 3.00 bits per heavy atom. The average Bonchev–Trinajstić information content (AvgIpc) is 2.77. The fourth-order valence-corrected chi connectivity index (χ4v) is 1.67. The van der Waals surface area contributed by atoms with Gasteiger partial charge in [0.05, 0.1) is 12.5 Å². The van der Waals surface area contributed by atoms with Gasteiger partial charge in [0.15, 0.2) is 5.76 Å². The van der Waals surface area contributed by atoms with Gasteiger partial charge in [0, 0.05) is 24.7 Å². The van der Waals surface area contributed by atoms with Crippen molar-refractivity contribution in [3.63, 3.8) is 0 Å². The lowest BCUT2D eigenvalue weighted by molar-refractivity contribution is 0.0769. The number of anilines is 1. The zero-order valence-corrected chi connectivity index (χ0v) is 10.0. The van der Waals surface area contributed by atoms with E-state index in [2.05, 4.69) is 0 Å². The van der Waals surface area contributed by atoms with Crippen molar-refractivity contribution in [2.45, 2.75) is 6.42 Å². The zero-order valence-electron chi connectivity index (χ0n) is 10.0. The molecule has 18 heavy (non-hydrogen) atoms. The minimum atomic E-state index is -0.236. The van der Waals surface area contributed by atoms with Crippen molar-refractivity contribution in [2.75, 3.05) is 19.3 Å². The molecule has 1 amide bonds. The number of nitriles is 1. The molecule has 2 N–H and O–H groups in total. The van der Waals surface area contributed by atoms with Crippen molar-refractivity contribution < 1.29 is 9.21 Å². The first-order valence-electron chi connectivity index (χ1n) is 5.53. The first-order chi connectivity index (χ1) is 8.61. The number of nitrogens with two attached hydrogens (primary N) is 1. The molecule has 0 unspecified atom stereocenters. The molecule has 0 saturated carbocycles. The number of rotatable bonds is 3. The number of furan rings is 1. The fourth-order valence-electron chi connectivity index (χ4n) is 1.67. The summed E-state index contributed by atoms with van der Waals surface area (Å²) in [6.07, 6.45) is 0.301. The van der Waals surface area contributed by atoms with E-state index in [1.54, 1.807) is 31.3 Å². The van der Waals surface area contributed by atoms with E-state index in [1.165, 1.54) is 4.90 Å². The molecule has 0 radical (unpaired) electrons. The van der Waals surface area contributed by atoms with Crippen LogP contribution in [0.2, 0.25) is 0 Å². The second-order valence-corrected chi connectivity index (χ2v) is 4.04. The van der Waals surface area contributed by atoms with Crippen LogP contribution in [0.25, 0.3) is 11.0 Å². The SMILES string of the molecule is CN(CCC#N)C(=O)c1cc2cc(N)ccc2o1. The summed E-state index contributed by atoms with van der Waals surface area (Å²) in [5.41, 5.74) is 6.91. The lowest BCUT2D eigenvalue weighted by Gasteiger charge is -2.12. The highest BCUT2D eigenvalue weighted by atomic mass is 16.3. The van der Waals surface area contributed by atoms with Gasteiger partial charge in [-0.1, -0.05) is 0 Å². The number of carbonyl (C=O) groups excluding carboxylic acids is 1. The quantitative estimate of drug-likeness (QED) is 0.836. The minimum absolute atomic E-state index is 0.236. The van der Waals surface area contributed by atoms with Crippen LogP contribution in [0.5, 0.6) is 0 Å². The van der Waals surface area contributed by atoms with E-state index >= 15 is 0 Å². The van der Waals surface area contributed by atoms with Gasteiger partial charge in [-0.2, -0.15) is 5.26 Å². The molecule has 0 saturated heterocycles. The Morgan fingerprint density at radius 2 is 2.28 bits per heavy atom. The second-order valence-electron chi connectivity index (χ2n) is 4.04. The van der Waals surface area contributed by atoms with E-state index in [9.17, 15) is 4.79 Å². The maximum atomic E-state index is 12.0. The second kappa shape index (κ2) is 4.80. The Hall–Kier alpha value is -2.48. The molecule has 5 heteroatoms. The molecule has 2 rings (SSSR count). The van der Waals surface area contributed by atoms with Crippen molar-refractivity contribution >= 4 is 22.6 Å². The molecule has 0 spiro atoms. The van der Waals surface area contributed by atoms with Crippen LogP contribution in [0.4, 0.5) is 5.69 Å². The van der Waals surface area contributed by atoms with Crippen LogP contribution in [-0.2, 0) is 0 Å². The summed E-state index contributed by atoms with van der Waals surface area (Å²) in [6, 6.07) is 8.87. The van der Waals surface area contributed by atoms with E-state index < -0.39 is 0 Å². The van der Waals surface area contributed by atoms with E-state index in [1.807, 2.05) is 6.07 Å². The Kier molecular flexibility index (Phi) is 3.20. The third kappa shape index (κ3) is 2.28. The maximum absolute atomic E-state index is 12.0. The van der Waals surface area contributed by atoms with Gasteiger partial charge >= 0.3 is 0 Å². The predicted octanol–water partition coefficient (Wildman–Crippen LogP) is 2.00. The van der Waals surface area contributed by atoms with Crippen LogP contribution >= 0.6 is 0 Å². The molecular formula is C13H13N3O2. The number of nitrogen functional groups attached to an aromatic ring is 1. The number of hydrogen-bond acceptors (Lipinski definition) is 4. The molecule has 0 aliphatic heterocycles. The van der Waals surface area contributed by atoms with Gasteiger partial charge in [0.1, 0.15) is 5.58 Å². The molecule has 0 aliphatic carbocycles. The standard InChI is InChI=1S/C13H13N3O2/c1-16(6-2-5-14)13(17)12-8-9-7-10(15)3-4-11(9)18-12/h3-4,7-8H,2,6,15H2,1H3. The number of benzene rings is 1. The van der Waals surface area contributed by atoms with Gasteiger partial charge in [-0.05, 0) is 24.3 Å². The molecule has 92 valence electrons. The van der Waals surface area contributed by atoms with Crippen molar-refractivity contribution in [3.8, 4) is 6.07 Å². The van der Waals surface area contributed by atoms with Crippen LogP contribution in [0.1, 0.15) is 17.0 Å². The highest BCUT2D eigenvalue weighted by molar-refractivity contribution is 5.96. The minimum Gasteiger partial charge on any atom is -0.451 e. The molecule has 1 heterocycles. The maximum Gasteiger partial charge on any atom is 0.289 e. The Labute approximate surface area is 104 Å². The largest absolute Gasteiger partial charge is 0.451 e. The Balaban J connectivity index is 2.26. The molecule has 5 nitrogen and oxygen atoms in total. The van der Waals surface area contributed by atoms with Crippen LogP contribution in [-0.4, -0.2) is 24.4 Å². The van der Waals surface area contributed by atoms with Crippen molar-refractivity contribution in [3.05, 3.63) is 30.0 Å². The van der Waals surface area contributed by atoms with Crippen LogP contribution in [0.15, 0.2) is 28.7 Å². The molecule has 1 aromatic heterocycles. The third-order valence-electron chi connectivity index (χ3n) is 2.66. The van der Waals surface area contributed by atoms with Gasteiger partial charge in [0.25, 0.3) is 5.91 Å². The summed E-state index contributed by atoms with van der Waals surface area (Å²) in [7, 11) is 1.64. The van der Waals surface area contributed by atoms with Crippen molar-refractivity contribution in [1.29, 1.82) is 5.26 Å². The topological polar surface area (TPSA) is 83.3 Å². The van der Waals surface area contributed by atoms with E-state index in [-0.39, 0.29) is 11.7 Å². The molecule has 0 bridgehead atoms. The molecule has 2 aromatic rings. The Morgan fingerprint density at radius 1 is 1.50 bits per heavy atom. The van der Waals surface area contributed by atoms with Crippen LogP contribution < -0.4 is 5.73 Å². The number of hydrogen-bond donors (Lipinski definition) is 1. The number of amides is 1. The predicted molar refractivity (Wildman–Crippen MR) is 67.8 cm³/mol. The third-order valence-corrected chi connectivity index (χ3v) is 2.66. The smallest absolute Gasteiger partial charge is 0.289 e. The summed E-state index contributed by atoms with van der Waals surface area (Å²) in [5.74, 6) is 0.0241. The highest BCUT2D eigenvalue weighted by Crippen LogP contribution is 2.22. The molecule has 0 fully saturated rings. The van der Waals surface area contributed by atoms with E-state index in [0.29, 0.717) is 24.2 Å². The summed E-state index contributed by atoms with van der Waals surface area (Å²) in [4.78, 5) is 13.5. The molecular weight excluding hydrogens is 230 g/mol. The summed E-state index contributed by atoms with van der Waals surface area (Å²) in [5, 5.41) is 9.29. The molecule has 1 aromatic carbocycles. The van der Waals surface area contributed by atoms with Gasteiger partial charge in [-0.25, -0.2) is 0 Å². The molecule has 0 aliphatic rings. The number of carbonyl (C=O) groups is 1. The lowest BCUT2D eigenvalue weighted by atomic mass is 10.2. The monoisotopic (exact) mass is 243 g/mol. The normalized spacial score (nSPS) is 10.2. The first kappa shape index (κ1) is 12.0. The number of nitrogens with zero attached hydrogens (tertiary/aromatic N) is 2. The summed E-state index contributed by atoms with van der Waals surface area (Å²) >= 11 is 0. The van der Waals surface area contributed by atoms with Gasteiger partial charge in [0.2, 0.25) is 0 Å². The van der Waals surface area contributed by atoms with Gasteiger partial charge in [-0.3, -0.25) is 4.79 Å². The van der Waals surface area contributed by atoms with Crippen molar-refractivity contribution in [2.24, 2.45) is 0 Å². The summed E-state index contributed by atoms with van der Waals surface area (Å²) in [6.45, 7) is 0.383. The van der Waals surface area contributed by atoms with E-state index in [0.717, 1.165) is 5.39 Å². The van der Waals surface area contributed by atoms with Gasteiger partial charge < -0.3 is 15.1 Å².